The van der Waals surface area contributed by atoms with Crippen LogP contribution in [-0.4, -0.2) is 12.7 Å². The molecule has 1 nitrogen and oxygen atoms in total. The third-order valence-corrected chi connectivity index (χ3v) is 6.43. The first kappa shape index (κ1) is 10.8. The predicted octanol–water partition coefficient (Wildman–Crippen LogP) is 4.02. The minimum Gasteiger partial charge on any atom is -0.378 e. The fraction of sp³-hybridized carbons (Fsp3) is 1.00. The summed E-state index contributed by atoms with van der Waals surface area (Å²) < 4.78 is 5.94. The number of hydrogen-bond donors (Lipinski definition) is 0. The van der Waals surface area contributed by atoms with Gasteiger partial charge in [0.15, 0.2) is 0 Å². The maximum atomic E-state index is 5.94. The first-order valence-corrected chi connectivity index (χ1v) is 8.02. The topological polar surface area (TPSA) is 9.23 Å². The molecule has 0 N–H and O–H groups in total. The molecule has 96 valence electrons. The molecule has 4 rings (SSSR count). The van der Waals surface area contributed by atoms with Crippen LogP contribution in [0.3, 0.4) is 0 Å². The average molecular weight is 234 g/mol. The summed E-state index contributed by atoms with van der Waals surface area (Å²) >= 11 is 0. The molecule has 0 aromatic heterocycles. The summed E-state index contributed by atoms with van der Waals surface area (Å²) in [6.45, 7) is 1.06. The number of ether oxygens (including phenoxy) is 1. The van der Waals surface area contributed by atoms with Crippen LogP contribution in [0.2, 0.25) is 0 Å². The van der Waals surface area contributed by atoms with E-state index < -0.39 is 0 Å². The Bertz CT molecular complexity index is 259. The zero-order valence-electron chi connectivity index (χ0n) is 10.9. The van der Waals surface area contributed by atoms with Crippen molar-refractivity contribution in [1.29, 1.82) is 0 Å². The highest BCUT2D eigenvalue weighted by Gasteiger charge is 2.45. The van der Waals surface area contributed by atoms with E-state index in [1.165, 1.54) is 32.1 Å². The van der Waals surface area contributed by atoms with E-state index in [1.54, 1.807) is 25.7 Å². The lowest BCUT2D eigenvalue weighted by Gasteiger charge is -2.48. The van der Waals surface area contributed by atoms with Crippen LogP contribution in [-0.2, 0) is 4.74 Å². The minimum absolute atomic E-state index is 0.663. The lowest BCUT2D eigenvalue weighted by atomic mass is 9.58. The summed E-state index contributed by atoms with van der Waals surface area (Å²) in [5.74, 6) is 5.27. The molecule has 6 atom stereocenters. The van der Waals surface area contributed by atoms with Crippen molar-refractivity contribution in [2.24, 2.45) is 29.6 Å². The van der Waals surface area contributed by atoms with E-state index in [0.29, 0.717) is 6.10 Å². The molecule has 6 unspecified atom stereocenters. The number of rotatable bonds is 0. The third-order valence-electron chi connectivity index (χ3n) is 6.43. The normalized spacial score (nSPS) is 53.6. The highest BCUT2D eigenvalue weighted by Crippen LogP contribution is 2.52. The van der Waals surface area contributed by atoms with Crippen molar-refractivity contribution < 1.29 is 4.74 Å². The van der Waals surface area contributed by atoms with Crippen molar-refractivity contribution in [2.45, 2.75) is 63.9 Å². The predicted molar refractivity (Wildman–Crippen MR) is 68.7 cm³/mol. The van der Waals surface area contributed by atoms with E-state index in [1.807, 2.05) is 0 Å². The Balaban J connectivity index is 1.48. The van der Waals surface area contributed by atoms with Crippen LogP contribution < -0.4 is 0 Å². The van der Waals surface area contributed by atoms with Gasteiger partial charge in [0.2, 0.25) is 0 Å². The minimum atomic E-state index is 0.663. The van der Waals surface area contributed by atoms with Gasteiger partial charge in [-0.25, -0.2) is 0 Å². The zero-order chi connectivity index (χ0) is 11.2. The van der Waals surface area contributed by atoms with E-state index in [2.05, 4.69) is 0 Å². The van der Waals surface area contributed by atoms with Gasteiger partial charge < -0.3 is 4.74 Å². The highest BCUT2D eigenvalue weighted by molar-refractivity contribution is 4.95. The first-order valence-electron chi connectivity index (χ1n) is 8.02. The smallest absolute Gasteiger partial charge is 0.0607 e. The highest BCUT2D eigenvalue weighted by atomic mass is 16.5. The molecule has 3 aliphatic carbocycles. The Morgan fingerprint density at radius 1 is 0.588 bits per heavy atom. The average Bonchev–Trinajstić information content (AvgIpc) is 2.80. The maximum absolute atomic E-state index is 5.94. The molecule has 0 aromatic rings. The molecule has 0 spiro atoms. The standard InChI is InChI=1S/C16H26O/c1-2-4-12-8-15-10-16-13(5-6-17-16)9-14(15)7-11(12)3-1/h11-16H,1-10H2. The van der Waals surface area contributed by atoms with Crippen LogP contribution in [0.5, 0.6) is 0 Å². The van der Waals surface area contributed by atoms with E-state index in [-0.39, 0.29) is 0 Å². The van der Waals surface area contributed by atoms with Crippen LogP contribution in [0, 0.1) is 29.6 Å². The molecular formula is C16H26O. The van der Waals surface area contributed by atoms with Gasteiger partial charge in [0, 0.05) is 6.61 Å². The lowest BCUT2D eigenvalue weighted by molar-refractivity contribution is -0.0236. The summed E-state index contributed by atoms with van der Waals surface area (Å²) in [5.41, 5.74) is 0. The van der Waals surface area contributed by atoms with Crippen molar-refractivity contribution in [3.8, 4) is 0 Å². The van der Waals surface area contributed by atoms with Gasteiger partial charge in [-0.3, -0.25) is 0 Å². The van der Waals surface area contributed by atoms with Gasteiger partial charge in [-0.1, -0.05) is 25.7 Å². The summed E-state index contributed by atoms with van der Waals surface area (Å²) in [4.78, 5) is 0. The Kier molecular flexibility index (Phi) is 2.72. The largest absolute Gasteiger partial charge is 0.378 e. The molecule has 17 heavy (non-hydrogen) atoms. The van der Waals surface area contributed by atoms with Crippen LogP contribution in [0.1, 0.15) is 57.8 Å². The Morgan fingerprint density at radius 3 is 2.00 bits per heavy atom. The summed E-state index contributed by atoms with van der Waals surface area (Å²) in [5, 5.41) is 0. The van der Waals surface area contributed by atoms with Gasteiger partial charge in [-0.15, -0.1) is 0 Å². The second-order valence-corrected chi connectivity index (χ2v) is 7.23. The second-order valence-electron chi connectivity index (χ2n) is 7.23. The molecule has 1 saturated heterocycles. The van der Waals surface area contributed by atoms with Crippen molar-refractivity contribution >= 4 is 0 Å². The van der Waals surface area contributed by atoms with Crippen LogP contribution >= 0.6 is 0 Å². The molecule has 1 heterocycles. The monoisotopic (exact) mass is 234 g/mol. The van der Waals surface area contributed by atoms with Crippen molar-refractivity contribution in [1.82, 2.24) is 0 Å². The van der Waals surface area contributed by atoms with Gasteiger partial charge in [0.25, 0.3) is 0 Å². The number of hydrogen-bond acceptors (Lipinski definition) is 1. The van der Waals surface area contributed by atoms with Gasteiger partial charge in [-0.05, 0) is 61.7 Å². The van der Waals surface area contributed by atoms with E-state index in [9.17, 15) is 0 Å². The third kappa shape index (κ3) is 1.85. The van der Waals surface area contributed by atoms with Gasteiger partial charge in [0.1, 0.15) is 0 Å². The Labute approximate surface area is 105 Å². The van der Waals surface area contributed by atoms with Crippen molar-refractivity contribution in [3.05, 3.63) is 0 Å². The molecule has 0 aromatic carbocycles. The molecule has 1 aliphatic heterocycles. The molecule has 1 heteroatoms. The van der Waals surface area contributed by atoms with E-state index >= 15 is 0 Å². The second kappa shape index (κ2) is 4.26. The summed E-state index contributed by atoms with van der Waals surface area (Å²) in [6, 6.07) is 0. The molecule has 0 radical (unpaired) electrons. The lowest BCUT2D eigenvalue weighted by Crippen LogP contribution is -2.41. The first-order chi connectivity index (χ1) is 8.40. The SMILES string of the molecule is C1CCC2CC3CC4OCCC4CC3CC2C1. The van der Waals surface area contributed by atoms with Gasteiger partial charge >= 0.3 is 0 Å². The Morgan fingerprint density at radius 2 is 1.24 bits per heavy atom. The maximum Gasteiger partial charge on any atom is 0.0607 e. The summed E-state index contributed by atoms with van der Waals surface area (Å²) in [6.07, 6.45) is 14.2. The quantitative estimate of drug-likeness (QED) is 0.615. The molecule has 0 bridgehead atoms. The fourth-order valence-electron chi connectivity index (χ4n) is 5.56. The number of fused-ring (bicyclic) bond motifs is 3. The summed E-state index contributed by atoms with van der Waals surface area (Å²) in [7, 11) is 0. The molecule has 3 saturated carbocycles. The molecule has 4 fully saturated rings. The van der Waals surface area contributed by atoms with Gasteiger partial charge in [-0.2, -0.15) is 0 Å². The molecular weight excluding hydrogens is 208 g/mol. The Hall–Kier alpha value is -0.0400. The van der Waals surface area contributed by atoms with Crippen LogP contribution in [0.15, 0.2) is 0 Å². The molecule has 4 aliphatic rings. The molecule has 0 amide bonds. The van der Waals surface area contributed by atoms with Gasteiger partial charge in [0.05, 0.1) is 6.10 Å². The van der Waals surface area contributed by atoms with E-state index in [4.69, 9.17) is 4.74 Å². The van der Waals surface area contributed by atoms with E-state index in [0.717, 1.165) is 36.2 Å². The van der Waals surface area contributed by atoms with Crippen LogP contribution in [0.25, 0.3) is 0 Å². The van der Waals surface area contributed by atoms with Crippen molar-refractivity contribution in [2.75, 3.05) is 6.61 Å². The van der Waals surface area contributed by atoms with Crippen LogP contribution in [0.4, 0.5) is 0 Å². The zero-order valence-corrected chi connectivity index (χ0v) is 10.9. The van der Waals surface area contributed by atoms with Crippen molar-refractivity contribution in [3.63, 3.8) is 0 Å². The fourth-order valence-corrected chi connectivity index (χ4v) is 5.56.